The van der Waals surface area contributed by atoms with Gasteiger partial charge < -0.3 is 9.32 Å². The molecule has 6 heteroatoms. The normalized spacial score (nSPS) is 13.0. The summed E-state index contributed by atoms with van der Waals surface area (Å²) in [5.74, 6) is 0.415. The number of carbonyl (C=O) groups excluding carboxylic acids is 3. The second-order valence-corrected chi connectivity index (χ2v) is 7.67. The summed E-state index contributed by atoms with van der Waals surface area (Å²) in [4.78, 5) is 41.6. The van der Waals surface area contributed by atoms with E-state index in [4.69, 9.17) is 4.42 Å². The van der Waals surface area contributed by atoms with Gasteiger partial charge in [-0.1, -0.05) is 12.1 Å². The maximum atomic E-state index is 13.1. The second-order valence-electron chi connectivity index (χ2n) is 7.67. The first-order valence-electron chi connectivity index (χ1n) is 9.67. The minimum atomic E-state index is -0.414. The zero-order valence-corrected chi connectivity index (χ0v) is 17.4. The van der Waals surface area contributed by atoms with Gasteiger partial charge in [-0.3, -0.25) is 14.4 Å². The lowest BCUT2D eigenvalue weighted by Crippen LogP contribution is -2.30. The predicted molar refractivity (Wildman–Crippen MR) is 113 cm³/mol. The molecule has 1 aromatic heterocycles. The van der Waals surface area contributed by atoms with Crippen LogP contribution < -0.4 is 4.90 Å². The standard InChI is InChI=1S/C24H22N2O4/c1-14-5-6-15(2)21(11-14)26-23(28)19-10-8-17(12-20(19)24(26)29)22(27)25(4)13-18-9-7-16(3)30-18/h5-12H,13H2,1-4H3. The highest BCUT2D eigenvalue weighted by Gasteiger charge is 2.38. The SMILES string of the molecule is Cc1ccc(C)c(N2C(=O)c3ccc(C(=O)N(C)Cc4ccc(C)o4)cc3C2=O)c1. The van der Waals surface area contributed by atoms with E-state index >= 15 is 0 Å². The van der Waals surface area contributed by atoms with Crippen molar-refractivity contribution in [2.24, 2.45) is 0 Å². The molecule has 30 heavy (non-hydrogen) atoms. The summed E-state index contributed by atoms with van der Waals surface area (Å²) in [6, 6.07) is 14.0. The van der Waals surface area contributed by atoms with Gasteiger partial charge in [-0.15, -0.1) is 0 Å². The fraction of sp³-hybridized carbons (Fsp3) is 0.208. The number of benzene rings is 2. The molecule has 0 unspecified atom stereocenters. The molecular formula is C24H22N2O4. The van der Waals surface area contributed by atoms with E-state index in [1.165, 1.54) is 15.9 Å². The summed E-state index contributed by atoms with van der Waals surface area (Å²) < 4.78 is 5.53. The van der Waals surface area contributed by atoms with Crippen molar-refractivity contribution in [1.29, 1.82) is 0 Å². The molecule has 0 radical (unpaired) electrons. The smallest absolute Gasteiger partial charge is 0.266 e. The van der Waals surface area contributed by atoms with Crippen LogP contribution in [0.15, 0.2) is 52.9 Å². The van der Waals surface area contributed by atoms with Gasteiger partial charge in [0.2, 0.25) is 0 Å². The van der Waals surface area contributed by atoms with E-state index in [0.717, 1.165) is 16.9 Å². The van der Waals surface area contributed by atoms with Gasteiger partial charge >= 0.3 is 0 Å². The molecule has 0 spiro atoms. The Morgan fingerprint density at radius 2 is 1.67 bits per heavy atom. The molecule has 1 aliphatic rings. The van der Waals surface area contributed by atoms with Crippen molar-refractivity contribution in [2.45, 2.75) is 27.3 Å². The molecule has 0 aliphatic carbocycles. The van der Waals surface area contributed by atoms with E-state index < -0.39 is 5.91 Å². The van der Waals surface area contributed by atoms with E-state index in [9.17, 15) is 14.4 Å². The Morgan fingerprint density at radius 1 is 0.933 bits per heavy atom. The number of rotatable bonds is 4. The largest absolute Gasteiger partial charge is 0.464 e. The van der Waals surface area contributed by atoms with Crippen molar-refractivity contribution in [3.63, 3.8) is 0 Å². The van der Waals surface area contributed by atoms with Crippen LogP contribution in [-0.2, 0) is 6.54 Å². The quantitative estimate of drug-likeness (QED) is 0.611. The third kappa shape index (κ3) is 3.30. The zero-order valence-electron chi connectivity index (χ0n) is 17.4. The molecular weight excluding hydrogens is 380 g/mol. The van der Waals surface area contributed by atoms with Gasteiger partial charge in [-0.05, 0) is 68.3 Å². The van der Waals surface area contributed by atoms with Gasteiger partial charge in [-0.2, -0.15) is 0 Å². The third-order valence-electron chi connectivity index (χ3n) is 5.27. The van der Waals surface area contributed by atoms with Crippen molar-refractivity contribution in [2.75, 3.05) is 11.9 Å². The topological polar surface area (TPSA) is 70.8 Å². The summed E-state index contributed by atoms with van der Waals surface area (Å²) in [6.45, 7) is 5.92. The molecule has 0 atom stereocenters. The zero-order chi connectivity index (χ0) is 21.6. The first-order chi connectivity index (χ1) is 14.3. The highest BCUT2D eigenvalue weighted by atomic mass is 16.3. The summed E-state index contributed by atoms with van der Waals surface area (Å²) >= 11 is 0. The number of amides is 3. The van der Waals surface area contributed by atoms with Crippen LogP contribution in [0.5, 0.6) is 0 Å². The Balaban J connectivity index is 1.63. The van der Waals surface area contributed by atoms with E-state index in [2.05, 4.69) is 0 Å². The van der Waals surface area contributed by atoms with Crippen molar-refractivity contribution < 1.29 is 18.8 Å². The number of furan rings is 1. The molecule has 2 aromatic carbocycles. The Kier molecular flexibility index (Phi) is 4.78. The predicted octanol–water partition coefficient (Wildman–Crippen LogP) is 4.28. The van der Waals surface area contributed by atoms with Crippen LogP contribution in [0, 0.1) is 20.8 Å². The number of aryl methyl sites for hydroxylation is 3. The van der Waals surface area contributed by atoms with Gasteiger partial charge in [-0.25, -0.2) is 4.90 Å². The van der Waals surface area contributed by atoms with Crippen LogP contribution in [0.3, 0.4) is 0 Å². The maximum Gasteiger partial charge on any atom is 0.266 e. The van der Waals surface area contributed by atoms with Gasteiger partial charge in [0.15, 0.2) is 0 Å². The number of hydrogen-bond donors (Lipinski definition) is 0. The first-order valence-corrected chi connectivity index (χ1v) is 9.67. The van der Waals surface area contributed by atoms with Crippen molar-refractivity contribution in [3.8, 4) is 0 Å². The minimum Gasteiger partial charge on any atom is -0.464 e. The van der Waals surface area contributed by atoms with Gasteiger partial charge in [0.1, 0.15) is 11.5 Å². The van der Waals surface area contributed by atoms with Gasteiger partial charge in [0.25, 0.3) is 17.7 Å². The van der Waals surface area contributed by atoms with Crippen molar-refractivity contribution in [3.05, 3.63) is 87.9 Å². The minimum absolute atomic E-state index is 0.244. The molecule has 3 aromatic rings. The van der Waals surface area contributed by atoms with Crippen LogP contribution in [0.1, 0.15) is 53.7 Å². The van der Waals surface area contributed by atoms with E-state index in [1.54, 1.807) is 19.2 Å². The molecule has 6 nitrogen and oxygen atoms in total. The van der Waals surface area contributed by atoms with Crippen LogP contribution in [0.2, 0.25) is 0 Å². The fourth-order valence-corrected chi connectivity index (χ4v) is 3.65. The average Bonchev–Trinajstić information content (AvgIpc) is 3.23. The molecule has 3 amide bonds. The molecule has 0 N–H and O–H groups in total. The van der Waals surface area contributed by atoms with Crippen LogP contribution in [0.25, 0.3) is 0 Å². The highest BCUT2D eigenvalue weighted by molar-refractivity contribution is 6.35. The molecule has 2 heterocycles. The van der Waals surface area contributed by atoms with Crippen molar-refractivity contribution in [1.82, 2.24) is 4.90 Å². The first kappa shape index (κ1) is 19.6. The molecule has 0 saturated carbocycles. The molecule has 0 saturated heterocycles. The lowest BCUT2D eigenvalue weighted by atomic mass is 10.0. The molecule has 0 bridgehead atoms. The Hall–Kier alpha value is -3.67. The molecule has 0 fully saturated rings. The van der Waals surface area contributed by atoms with E-state index in [0.29, 0.717) is 29.1 Å². The third-order valence-corrected chi connectivity index (χ3v) is 5.27. The Labute approximate surface area is 174 Å². The molecule has 4 rings (SSSR count). The summed E-state index contributed by atoms with van der Waals surface area (Å²) in [6.07, 6.45) is 0. The van der Waals surface area contributed by atoms with Gasteiger partial charge in [0, 0.05) is 12.6 Å². The lowest BCUT2D eigenvalue weighted by molar-refractivity contribution is 0.0774. The molecule has 1 aliphatic heterocycles. The fourth-order valence-electron chi connectivity index (χ4n) is 3.65. The summed E-state index contributed by atoms with van der Waals surface area (Å²) in [5, 5.41) is 0. The summed E-state index contributed by atoms with van der Waals surface area (Å²) in [7, 11) is 1.67. The number of nitrogens with zero attached hydrogens (tertiary/aromatic N) is 2. The lowest BCUT2D eigenvalue weighted by Gasteiger charge is -2.17. The van der Waals surface area contributed by atoms with Crippen LogP contribution >= 0.6 is 0 Å². The van der Waals surface area contributed by atoms with Crippen LogP contribution in [0.4, 0.5) is 5.69 Å². The Morgan fingerprint density at radius 3 is 2.37 bits per heavy atom. The van der Waals surface area contributed by atoms with E-state index in [-0.39, 0.29) is 17.4 Å². The number of anilines is 1. The average molecular weight is 402 g/mol. The number of fused-ring (bicyclic) bond motifs is 1. The van der Waals surface area contributed by atoms with Crippen molar-refractivity contribution >= 4 is 23.4 Å². The number of imide groups is 1. The van der Waals surface area contributed by atoms with E-state index in [1.807, 2.05) is 51.1 Å². The van der Waals surface area contributed by atoms with Crippen LogP contribution in [-0.4, -0.2) is 29.7 Å². The Bertz CT molecular complexity index is 1190. The van der Waals surface area contributed by atoms with Gasteiger partial charge in [0.05, 0.1) is 23.4 Å². The number of hydrogen-bond acceptors (Lipinski definition) is 4. The molecule has 152 valence electrons. The highest BCUT2D eigenvalue weighted by Crippen LogP contribution is 2.32. The number of carbonyl (C=O) groups is 3. The summed E-state index contributed by atoms with van der Waals surface area (Å²) in [5.41, 5.74) is 3.26. The maximum absolute atomic E-state index is 13.1. The monoisotopic (exact) mass is 402 g/mol. The second kappa shape index (κ2) is 7.30.